The lowest BCUT2D eigenvalue weighted by Gasteiger charge is -2.37. The van der Waals surface area contributed by atoms with Gasteiger partial charge in [0.25, 0.3) is 0 Å². The molecule has 2 nitrogen and oxygen atoms in total. The van der Waals surface area contributed by atoms with Crippen LogP contribution in [0, 0.1) is 17.3 Å². The van der Waals surface area contributed by atoms with E-state index < -0.39 is 0 Å². The van der Waals surface area contributed by atoms with Crippen molar-refractivity contribution < 1.29 is 0 Å². The SMILES string of the molecule is CC1CN(C)CCC1NC1CCCC(C(C)(C)C)CC1. The second kappa shape index (κ2) is 6.79. The first kappa shape index (κ1) is 16.3. The lowest BCUT2D eigenvalue weighted by atomic mass is 9.76. The van der Waals surface area contributed by atoms with Gasteiger partial charge < -0.3 is 10.2 Å². The van der Waals surface area contributed by atoms with Crippen LogP contribution in [0.2, 0.25) is 0 Å². The van der Waals surface area contributed by atoms with Gasteiger partial charge in [0.15, 0.2) is 0 Å². The summed E-state index contributed by atoms with van der Waals surface area (Å²) in [5.41, 5.74) is 0.496. The van der Waals surface area contributed by atoms with Crippen LogP contribution < -0.4 is 5.32 Å². The van der Waals surface area contributed by atoms with Crippen LogP contribution in [0.1, 0.15) is 66.2 Å². The molecule has 4 atom stereocenters. The van der Waals surface area contributed by atoms with Crippen molar-refractivity contribution in [3.8, 4) is 0 Å². The molecular formula is C18H36N2. The minimum Gasteiger partial charge on any atom is -0.311 e. The van der Waals surface area contributed by atoms with E-state index in [2.05, 4.69) is 45.0 Å². The molecule has 2 aliphatic rings. The van der Waals surface area contributed by atoms with Gasteiger partial charge in [-0.2, -0.15) is 0 Å². The van der Waals surface area contributed by atoms with E-state index in [-0.39, 0.29) is 0 Å². The lowest BCUT2D eigenvalue weighted by Crippen LogP contribution is -2.50. The number of piperidine rings is 1. The maximum absolute atomic E-state index is 4.01. The van der Waals surface area contributed by atoms with Crippen molar-refractivity contribution in [1.82, 2.24) is 10.2 Å². The van der Waals surface area contributed by atoms with Crippen LogP contribution in [0.3, 0.4) is 0 Å². The van der Waals surface area contributed by atoms with Gasteiger partial charge in [0, 0.05) is 18.6 Å². The molecule has 1 saturated heterocycles. The van der Waals surface area contributed by atoms with E-state index in [1.54, 1.807) is 0 Å². The molecule has 2 fully saturated rings. The Bertz CT molecular complexity index is 294. The zero-order chi connectivity index (χ0) is 14.8. The Labute approximate surface area is 126 Å². The van der Waals surface area contributed by atoms with Crippen molar-refractivity contribution in [1.29, 1.82) is 0 Å². The zero-order valence-electron chi connectivity index (χ0n) is 14.4. The summed E-state index contributed by atoms with van der Waals surface area (Å²) in [7, 11) is 2.26. The van der Waals surface area contributed by atoms with Crippen LogP contribution in [0.15, 0.2) is 0 Å². The first-order chi connectivity index (χ1) is 9.36. The third kappa shape index (κ3) is 4.46. The Morgan fingerprint density at radius 1 is 1.00 bits per heavy atom. The predicted molar refractivity (Wildman–Crippen MR) is 88.0 cm³/mol. The van der Waals surface area contributed by atoms with Crippen molar-refractivity contribution in [3.63, 3.8) is 0 Å². The van der Waals surface area contributed by atoms with Gasteiger partial charge in [0.2, 0.25) is 0 Å². The van der Waals surface area contributed by atoms with Gasteiger partial charge in [0.05, 0.1) is 0 Å². The van der Waals surface area contributed by atoms with Crippen LogP contribution >= 0.6 is 0 Å². The average Bonchev–Trinajstić information content (AvgIpc) is 2.58. The van der Waals surface area contributed by atoms with Gasteiger partial charge in [-0.3, -0.25) is 0 Å². The standard InChI is InChI=1S/C18H36N2/c1-14-13-20(5)12-11-17(14)19-16-8-6-7-15(9-10-16)18(2,3)4/h14-17,19H,6-13H2,1-5H3. The maximum atomic E-state index is 4.01. The van der Waals surface area contributed by atoms with E-state index in [1.807, 2.05) is 0 Å². The molecule has 118 valence electrons. The first-order valence-electron chi connectivity index (χ1n) is 8.81. The number of nitrogens with one attached hydrogen (secondary N) is 1. The molecule has 1 N–H and O–H groups in total. The molecule has 2 heteroatoms. The molecule has 1 aliphatic heterocycles. The van der Waals surface area contributed by atoms with E-state index in [0.717, 1.165) is 23.9 Å². The number of nitrogens with zero attached hydrogens (tertiary/aromatic N) is 1. The Morgan fingerprint density at radius 2 is 1.75 bits per heavy atom. The van der Waals surface area contributed by atoms with Crippen molar-refractivity contribution >= 4 is 0 Å². The molecule has 0 radical (unpaired) electrons. The second-order valence-electron chi connectivity index (χ2n) is 8.57. The normalized spacial score (nSPS) is 37.6. The minimum absolute atomic E-state index is 0.496. The first-order valence-corrected chi connectivity index (χ1v) is 8.81. The summed E-state index contributed by atoms with van der Waals surface area (Å²) in [6.45, 7) is 12.2. The quantitative estimate of drug-likeness (QED) is 0.772. The highest BCUT2D eigenvalue weighted by Gasteiger charge is 2.30. The molecule has 0 aromatic heterocycles. The van der Waals surface area contributed by atoms with Crippen LogP contribution in [0.25, 0.3) is 0 Å². The van der Waals surface area contributed by atoms with Crippen LogP contribution in [-0.4, -0.2) is 37.1 Å². The lowest BCUT2D eigenvalue weighted by molar-refractivity contribution is 0.161. The molecule has 2 rings (SSSR count). The number of hydrogen-bond donors (Lipinski definition) is 1. The second-order valence-corrected chi connectivity index (χ2v) is 8.57. The van der Waals surface area contributed by atoms with Crippen LogP contribution in [0.5, 0.6) is 0 Å². The number of likely N-dealkylation sites (tertiary alicyclic amines) is 1. The van der Waals surface area contributed by atoms with Gasteiger partial charge in [-0.05, 0) is 62.9 Å². The highest BCUT2D eigenvalue weighted by Crippen LogP contribution is 2.37. The van der Waals surface area contributed by atoms with Gasteiger partial charge in [-0.1, -0.05) is 34.1 Å². The molecule has 4 unspecified atom stereocenters. The molecule has 0 spiro atoms. The molecule has 0 aromatic rings. The smallest absolute Gasteiger partial charge is 0.0120 e. The maximum Gasteiger partial charge on any atom is 0.0120 e. The fraction of sp³-hybridized carbons (Fsp3) is 1.00. The van der Waals surface area contributed by atoms with Crippen molar-refractivity contribution in [3.05, 3.63) is 0 Å². The van der Waals surface area contributed by atoms with Gasteiger partial charge >= 0.3 is 0 Å². The Morgan fingerprint density at radius 3 is 2.40 bits per heavy atom. The summed E-state index contributed by atoms with van der Waals surface area (Å²) in [4.78, 5) is 2.48. The highest BCUT2D eigenvalue weighted by molar-refractivity contribution is 4.87. The molecule has 1 heterocycles. The summed E-state index contributed by atoms with van der Waals surface area (Å²) in [5.74, 6) is 1.72. The Kier molecular flexibility index (Phi) is 5.53. The van der Waals surface area contributed by atoms with Gasteiger partial charge in [-0.25, -0.2) is 0 Å². The minimum atomic E-state index is 0.496. The third-order valence-corrected chi connectivity index (χ3v) is 5.75. The fourth-order valence-electron chi connectivity index (χ4n) is 4.24. The summed E-state index contributed by atoms with van der Waals surface area (Å²) in [5, 5.41) is 4.01. The summed E-state index contributed by atoms with van der Waals surface area (Å²) >= 11 is 0. The number of hydrogen-bond acceptors (Lipinski definition) is 2. The Hall–Kier alpha value is -0.0800. The highest BCUT2D eigenvalue weighted by atomic mass is 15.1. The Balaban J connectivity index is 1.82. The largest absolute Gasteiger partial charge is 0.311 e. The van der Waals surface area contributed by atoms with Gasteiger partial charge in [-0.15, -0.1) is 0 Å². The topological polar surface area (TPSA) is 15.3 Å². The number of rotatable bonds is 2. The average molecular weight is 280 g/mol. The van der Waals surface area contributed by atoms with E-state index in [0.29, 0.717) is 5.41 Å². The third-order valence-electron chi connectivity index (χ3n) is 5.75. The fourth-order valence-corrected chi connectivity index (χ4v) is 4.24. The summed E-state index contributed by atoms with van der Waals surface area (Å²) in [6.07, 6.45) is 8.39. The zero-order valence-corrected chi connectivity index (χ0v) is 14.4. The van der Waals surface area contributed by atoms with Crippen LogP contribution in [0.4, 0.5) is 0 Å². The summed E-state index contributed by atoms with van der Waals surface area (Å²) < 4.78 is 0. The van der Waals surface area contributed by atoms with E-state index in [9.17, 15) is 0 Å². The predicted octanol–water partition coefficient (Wildman–Crippen LogP) is 3.91. The molecule has 1 aliphatic carbocycles. The van der Waals surface area contributed by atoms with Crippen LogP contribution in [-0.2, 0) is 0 Å². The van der Waals surface area contributed by atoms with E-state index >= 15 is 0 Å². The summed E-state index contributed by atoms with van der Waals surface area (Å²) in [6, 6.07) is 1.53. The van der Waals surface area contributed by atoms with E-state index in [4.69, 9.17) is 0 Å². The van der Waals surface area contributed by atoms with Gasteiger partial charge in [0.1, 0.15) is 0 Å². The molecule has 20 heavy (non-hydrogen) atoms. The molecule has 1 saturated carbocycles. The van der Waals surface area contributed by atoms with Crippen molar-refractivity contribution in [2.75, 3.05) is 20.1 Å². The molecular weight excluding hydrogens is 244 g/mol. The van der Waals surface area contributed by atoms with Crippen molar-refractivity contribution in [2.24, 2.45) is 17.3 Å². The molecule has 0 amide bonds. The molecule has 0 bridgehead atoms. The molecule has 0 aromatic carbocycles. The van der Waals surface area contributed by atoms with Crippen molar-refractivity contribution in [2.45, 2.75) is 78.3 Å². The monoisotopic (exact) mass is 280 g/mol. The van der Waals surface area contributed by atoms with E-state index in [1.165, 1.54) is 51.6 Å².